The summed E-state index contributed by atoms with van der Waals surface area (Å²) in [6.45, 7) is 5.34. The highest BCUT2D eigenvalue weighted by molar-refractivity contribution is 7.92. The van der Waals surface area contributed by atoms with Crippen LogP contribution in [0, 0.1) is 20.8 Å². The number of benzene rings is 3. The topological polar surface area (TPSA) is 121 Å². The number of rotatable bonds is 7. The summed E-state index contributed by atoms with van der Waals surface area (Å²) in [5.74, 6) is -0.409. The van der Waals surface area contributed by atoms with Crippen LogP contribution in [-0.4, -0.2) is 29.0 Å². The van der Waals surface area contributed by atoms with E-state index in [-0.39, 0.29) is 4.90 Å². The van der Waals surface area contributed by atoms with Crippen LogP contribution in [0.15, 0.2) is 65.6 Å². The molecule has 1 amide bonds. The third-order valence-corrected chi connectivity index (χ3v) is 6.88. The zero-order chi connectivity index (χ0) is 24.4. The molecule has 0 radical (unpaired) electrons. The number of sulfonamides is 2. The quantitative estimate of drug-likeness (QED) is 0.464. The smallest absolute Gasteiger partial charge is 0.261 e. The van der Waals surface area contributed by atoms with Gasteiger partial charge in [0, 0.05) is 11.3 Å². The van der Waals surface area contributed by atoms with Gasteiger partial charge in [-0.2, -0.15) is 0 Å². The number of amides is 1. The van der Waals surface area contributed by atoms with E-state index < -0.39 is 26.0 Å². The van der Waals surface area contributed by atoms with Gasteiger partial charge in [0.05, 0.1) is 22.5 Å². The second-order valence-electron chi connectivity index (χ2n) is 7.75. The Morgan fingerprint density at radius 1 is 0.758 bits per heavy atom. The minimum Gasteiger partial charge on any atom is -0.322 e. The molecule has 0 unspecified atom stereocenters. The third kappa shape index (κ3) is 6.11. The molecule has 8 nitrogen and oxygen atoms in total. The molecule has 0 aliphatic rings. The molecule has 0 heterocycles. The molecular weight excluding hydrogens is 462 g/mol. The van der Waals surface area contributed by atoms with Crippen LogP contribution in [-0.2, 0) is 20.0 Å². The molecule has 33 heavy (non-hydrogen) atoms. The number of hydrogen-bond donors (Lipinski definition) is 3. The Morgan fingerprint density at radius 2 is 1.36 bits per heavy atom. The van der Waals surface area contributed by atoms with Crippen molar-refractivity contribution in [2.45, 2.75) is 25.7 Å². The summed E-state index contributed by atoms with van der Waals surface area (Å²) in [6.07, 6.45) is 1.05. The first-order valence-electron chi connectivity index (χ1n) is 9.94. The van der Waals surface area contributed by atoms with Gasteiger partial charge in [-0.3, -0.25) is 14.2 Å². The van der Waals surface area contributed by atoms with Crippen molar-refractivity contribution in [2.75, 3.05) is 21.0 Å². The van der Waals surface area contributed by atoms with E-state index >= 15 is 0 Å². The van der Waals surface area contributed by atoms with Crippen molar-refractivity contribution in [1.82, 2.24) is 0 Å². The monoisotopic (exact) mass is 487 g/mol. The van der Waals surface area contributed by atoms with Gasteiger partial charge in [-0.1, -0.05) is 18.2 Å². The molecule has 0 atom stereocenters. The first-order valence-corrected chi connectivity index (χ1v) is 13.3. The fourth-order valence-electron chi connectivity index (χ4n) is 3.21. The number of hydrogen-bond acceptors (Lipinski definition) is 5. The van der Waals surface area contributed by atoms with Crippen LogP contribution in [0.5, 0.6) is 0 Å². The van der Waals surface area contributed by atoms with Crippen LogP contribution in [0.2, 0.25) is 0 Å². The molecule has 0 aliphatic heterocycles. The van der Waals surface area contributed by atoms with Gasteiger partial charge in [-0.25, -0.2) is 16.8 Å². The van der Waals surface area contributed by atoms with Crippen LogP contribution < -0.4 is 14.8 Å². The van der Waals surface area contributed by atoms with Gasteiger partial charge in [-0.15, -0.1) is 0 Å². The maximum absolute atomic E-state index is 12.8. The Kier molecular flexibility index (Phi) is 6.80. The fraction of sp³-hybridized carbons (Fsp3) is 0.174. The van der Waals surface area contributed by atoms with E-state index in [4.69, 9.17) is 0 Å². The van der Waals surface area contributed by atoms with Crippen molar-refractivity contribution in [3.63, 3.8) is 0 Å². The van der Waals surface area contributed by atoms with Crippen molar-refractivity contribution in [3.05, 3.63) is 82.9 Å². The Morgan fingerprint density at radius 3 is 1.91 bits per heavy atom. The van der Waals surface area contributed by atoms with E-state index in [0.717, 1.165) is 17.4 Å². The molecule has 174 valence electrons. The predicted molar refractivity (Wildman–Crippen MR) is 131 cm³/mol. The molecule has 0 saturated carbocycles. The van der Waals surface area contributed by atoms with Crippen LogP contribution in [0.3, 0.4) is 0 Å². The molecule has 0 aromatic heterocycles. The summed E-state index contributed by atoms with van der Waals surface area (Å²) in [4.78, 5) is 12.6. The maximum atomic E-state index is 12.8. The molecule has 10 heteroatoms. The number of anilines is 3. The first-order chi connectivity index (χ1) is 15.4. The largest absolute Gasteiger partial charge is 0.322 e. The van der Waals surface area contributed by atoms with Crippen LogP contribution >= 0.6 is 0 Å². The summed E-state index contributed by atoms with van der Waals surface area (Å²) in [5.41, 5.74) is 3.90. The standard InChI is InChI=1S/C23H25N3O5S2/c1-15-6-5-7-16(2)22(15)26-33(30,31)20-11-9-19(10-12-20)24-23(27)18-8-13-21(17(3)14-18)25-32(4,28)29/h5-14,25-26H,1-4H3,(H,24,27). The molecule has 0 fully saturated rings. The lowest BCUT2D eigenvalue weighted by molar-refractivity contribution is 0.102. The van der Waals surface area contributed by atoms with Crippen molar-refractivity contribution in [3.8, 4) is 0 Å². The Bertz CT molecular complexity index is 1390. The van der Waals surface area contributed by atoms with Gasteiger partial charge in [0.2, 0.25) is 10.0 Å². The summed E-state index contributed by atoms with van der Waals surface area (Å²) in [6, 6.07) is 15.9. The average molecular weight is 488 g/mol. The van der Waals surface area contributed by atoms with Gasteiger partial charge >= 0.3 is 0 Å². The Labute approximate surface area is 194 Å². The number of nitrogens with one attached hydrogen (secondary N) is 3. The van der Waals surface area contributed by atoms with E-state index in [1.165, 1.54) is 36.4 Å². The minimum atomic E-state index is -3.80. The number of aryl methyl sites for hydroxylation is 3. The minimum absolute atomic E-state index is 0.0650. The van der Waals surface area contributed by atoms with E-state index in [9.17, 15) is 21.6 Å². The molecular formula is C23H25N3O5S2. The van der Waals surface area contributed by atoms with E-state index in [0.29, 0.717) is 28.2 Å². The highest BCUT2D eigenvalue weighted by atomic mass is 32.2. The highest BCUT2D eigenvalue weighted by Gasteiger charge is 2.17. The molecule has 0 spiro atoms. The second-order valence-corrected chi connectivity index (χ2v) is 11.2. The Hall–Kier alpha value is -3.37. The summed E-state index contributed by atoms with van der Waals surface area (Å²) in [7, 11) is -7.23. The molecule has 0 saturated heterocycles. The second kappa shape index (κ2) is 9.24. The van der Waals surface area contributed by atoms with Gasteiger partial charge in [0.1, 0.15) is 0 Å². The lowest BCUT2D eigenvalue weighted by Crippen LogP contribution is -2.15. The summed E-state index contributed by atoms with van der Waals surface area (Å²) in [5, 5.41) is 2.71. The highest BCUT2D eigenvalue weighted by Crippen LogP contribution is 2.24. The first kappa shape index (κ1) is 24.3. The van der Waals surface area contributed by atoms with Crippen molar-refractivity contribution < 1.29 is 21.6 Å². The lowest BCUT2D eigenvalue weighted by Gasteiger charge is -2.14. The van der Waals surface area contributed by atoms with Gasteiger partial charge in [-0.05, 0) is 79.9 Å². The van der Waals surface area contributed by atoms with Gasteiger partial charge < -0.3 is 5.32 Å². The van der Waals surface area contributed by atoms with Crippen LogP contribution in [0.1, 0.15) is 27.0 Å². The normalized spacial score (nSPS) is 11.6. The number of para-hydroxylation sites is 1. The number of carbonyl (C=O) groups excluding carboxylic acids is 1. The van der Waals surface area contributed by atoms with E-state index in [1.54, 1.807) is 13.0 Å². The molecule has 0 bridgehead atoms. The number of carbonyl (C=O) groups is 1. The van der Waals surface area contributed by atoms with Crippen LogP contribution in [0.4, 0.5) is 17.1 Å². The van der Waals surface area contributed by atoms with Gasteiger partial charge in [0.15, 0.2) is 0 Å². The van der Waals surface area contributed by atoms with Gasteiger partial charge in [0.25, 0.3) is 15.9 Å². The molecule has 0 aliphatic carbocycles. The molecule has 3 N–H and O–H groups in total. The summed E-state index contributed by atoms with van der Waals surface area (Å²) >= 11 is 0. The molecule has 3 aromatic rings. The zero-order valence-corrected chi connectivity index (χ0v) is 20.3. The van der Waals surface area contributed by atoms with Crippen molar-refractivity contribution in [1.29, 1.82) is 0 Å². The Balaban J connectivity index is 1.74. The molecule has 3 rings (SSSR count). The SMILES string of the molecule is Cc1cc(C(=O)Nc2ccc(S(=O)(=O)Nc3c(C)cccc3C)cc2)ccc1NS(C)(=O)=O. The van der Waals surface area contributed by atoms with E-state index in [2.05, 4.69) is 14.8 Å². The average Bonchev–Trinajstić information content (AvgIpc) is 2.72. The van der Waals surface area contributed by atoms with Crippen molar-refractivity contribution >= 4 is 43.0 Å². The maximum Gasteiger partial charge on any atom is 0.261 e. The zero-order valence-electron chi connectivity index (χ0n) is 18.6. The molecule has 3 aromatic carbocycles. The summed E-state index contributed by atoms with van der Waals surface area (Å²) < 4.78 is 53.4. The third-order valence-electron chi connectivity index (χ3n) is 4.92. The fourth-order valence-corrected chi connectivity index (χ4v) is 5.04. The van der Waals surface area contributed by atoms with E-state index in [1.807, 2.05) is 32.0 Å². The lowest BCUT2D eigenvalue weighted by atomic mass is 10.1. The van der Waals surface area contributed by atoms with Crippen molar-refractivity contribution in [2.24, 2.45) is 0 Å². The van der Waals surface area contributed by atoms with Crippen LogP contribution in [0.25, 0.3) is 0 Å². The predicted octanol–water partition coefficient (Wildman–Crippen LogP) is 4.04.